The number of thioether (sulfide) groups is 1. The minimum atomic E-state index is -0.297. The van der Waals surface area contributed by atoms with Gasteiger partial charge in [0.2, 0.25) is 0 Å². The Hall–Kier alpha value is -3.25. The zero-order chi connectivity index (χ0) is 20.2. The summed E-state index contributed by atoms with van der Waals surface area (Å²) in [4.78, 5) is 12.6. The van der Waals surface area contributed by atoms with Crippen LogP contribution in [0.4, 0.5) is 4.39 Å². The van der Waals surface area contributed by atoms with Crippen molar-refractivity contribution in [3.05, 3.63) is 84.2 Å². The van der Waals surface area contributed by atoms with E-state index in [-0.39, 0.29) is 17.4 Å². The van der Waals surface area contributed by atoms with Gasteiger partial charge in [0.25, 0.3) is 0 Å². The number of halogens is 1. The molecule has 1 heterocycles. The highest BCUT2D eigenvalue weighted by Gasteiger charge is 2.14. The maximum absolute atomic E-state index is 13.3. The predicted molar refractivity (Wildman–Crippen MR) is 113 cm³/mol. The Morgan fingerprint density at radius 1 is 0.966 bits per heavy atom. The fraction of sp³-hybridized carbons (Fsp3) is 0.0870. The van der Waals surface area contributed by atoms with Crippen LogP contribution in [0.3, 0.4) is 0 Å². The average molecular weight is 404 g/mol. The normalized spacial score (nSPS) is 10.8. The molecule has 4 aromatic rings. The molecule has 0 saturated carbocycles. The van der Waals surface area contributed by atoms with Crippen LogP contribution < -0.4 is 4.74 Å². The lowest BCUT2D eigenvalue weighted by Crippen LogP contribution is -2.03. The van der Waals surface area contributed by atoms with Crippen molar-refractivity contribution in [1.29, 1.82) is 0 Å². The molecule has 0 N–H and O–H groups in total. The van der Waals surface area contributed by atoms with Crippen molar-refractivity contribution in [3.8, 4) is 17.0 Å². The van der Waals surface area contributed by atoms with Gasteiger partial charge >= 0.3 is 0 Å². The molecule has 144 valence electrons. The summed E-state index contributed by atoms with van der Waals surface area (Å²) in [6, 6.07) is 21.0. The predicted octanol–water partition coefficient (Wildman–Crippen LogP) is 5.42. The summed E-state index contributed by atoms with van der Waals surface area (Å²) in [5, 5.41) is 11.2. The second-order valence-corrected chi connectivity index (χ2v) is 7.31. The molecule has 0 saturated heterocycles. The monoisotopic (exact) mass is 404 g/mol. The van der Waals surface area contributed by atoms with Crippen LogP contribution in [0.15, 0.2) is 77.8 Å². The molecular weight excluding hydrogens is 387 g/mol. The molecule has 0 aliphatic heterocycles. The number of hydrogen-bond donors (Lipinski definition) is 0. The number of nitrogens with zero attached hydrogens (tertiary/aromatic N) is 2. The molecule has 3 aromatic carbocycles. The van der Waals surface area contributed by atoms with Crippen molar-refractivity contribution in [2.24, 2.45) is 0 Å². The fourth-order valence-electron chi connectivity index (χ4n) is 3.02. The number of fused-ring (bicyclic) bond motifs is 1. The first-order chi connectivity index (χ1) is 14.2. The Balaban J connectivity index is 1.62. The van der Waals surface area contributed by atoms with Crippen LogP contribution >= 0.6 is 11.8 Å². The van der Waals surface area contributed by atoms with Gasteiger partial charge in [-0.05, 0) is 36.4 Å². The van der Waals surface area contributed by atoms with E-state index in [9.17, 15) is 9.18 Å². The molecule has 0 unspecified atom stereocenters. The second-order valence-electron chi connectivity index (χ2n) is 6.35. The first-order valence-corrected chi connectivity index (χ1v) is 9.95. The topological polar surface area (TPSA) is 52.1 Å². The van der Waals surface area contributed by atoms with Gasteiger partial charge in [-0.25, -0.2) is 4.39 Å². The number of rotatable bonds is 6. The van der Waals surface area contributed by atoms with Crippen LogP contribution in [-0.2, 0) is 0 Å². The van der Waals surface area contributed by atoms with Crippen LogP contribution in [0.25, 0.3) is 22.0 Å². The van der Waals surface area contributed by atoms with E-state index >= 15 is 0 Å². The molecule has 0 aliphatic carbocycles. The summed E-state index contributed by atoms with van der Waals surface area (Å²) in [7, 11) is 1.57. The summed E-state index contributed by atoms with van der Waals surface area (Å²) in [6.07, 6.45) is 0. The highest BCUT2D eigenvalue weighted by molar-refractivity contribution is 8.00. The van der Waals surface area contributed by atoms with Crippen molar-refractivity contribution in [2.75, 3.05) is 12.9 Å². The van der Waals surface area contributed by atoms with Crippen molar-refractivity contribution in [1.82, 2.24) is 10.2 Å². The third-order valence-electron chi connectivity index (χ3n) is 4.50. The van der Waals surface area contributed by atoms with Gasteiger partial charge in [0.1, 0.15) is 22.3 Å². The van der Waals surface area contributed by atoms with Gasteiger partial charge in [-0.2, -0.15) is 0 Å². The lowest BCUT2D eigenvalue weighted by Gasteiger charge is -2.09. The Morgan fingerprint density at radius 2 is 1.72 bits per heavy atom. The van der Waals surface area contributed by atoms with Crippen molar-refractivity contribution < 1.29 is 13.9 Å². The Kier molecular flexibility index (Phi) is 5.53. The molecule has 29 heavy (non-hydrogen) atoms. The molecule has 0 amide bonds. The van der Waals surface area contributed by atoms with E-state index in [1.165, 1.54) is 23.9 Å². The quantitative estimate of drug-likeness (QED) is 0.317. The number of hydrogen-bond acceptors (Lipinski definition) is 5. The smallest absolute Gasteiger partial charge is 0.173 e. The Bertz CT molecular complexity index is 1180. The average Bonchev–Trinajstić information content (AvgIpc) is 2.78. The third-order valence-corrected chi connectivity index (χ3v) is 5.48. The zero-order valence-corrected chi connectivity index (χ0v) is 16.4. The molecule has 0 radical (unpaired) electrons. The zero-order valence-electron chi connectivity index (χ0n) is 15.6. The van der Waals surface area contributed by atoms with Crippen molar-refractivity contribution in [2.45, 2.75) is 5.03 Å². The second kappa shape index (κ2) is 8.41. The molecule has 4 rings (SSSR count). The van der Waals surface area contributed by atoms with E-state index < -0.39 is 0 Å². The molecule has 6 heteroatoms. The summed E-state index contributed by atoms with van der Waals surface area (Å²) >= 11 is 1.35. The lowest BCUT2D eigenvalue weighted by molar-refractivity contribution is 0.102. The van der Waals surface area contributed by atoms with Gasteiger partial charge < -0.3 is 4.74 Å². The largest absolute Gasteiger partial charge is 0.497 e. The first-order valence-electron chi connectivity index (χ1n) is 8.97. The lowest BCUT2D eigenvalue weighted by atomic mass is 10.1. The van der Waals surface area contributed by atoms with E-state index in [1.807, 2.05) is 24.3 Å². The van der Waals surface area contributed by atoms with E-state index in [4.69, 9.17) is 4.74 Å². The molecular formula is C23H17FN2O2S. The van der Waals surface area contributed by atoms with Gasteiger partial charge in [-0.15, -0.1) is 10.2 Å². The minimum Gasteiger partial charge on any atom is -0.497 e. The number of aromatic nitrogens is 2. The fourth-order valence-corrected chi connectivity index (χ4v) is 3.89. The standard InChI is InChI=1S/C23H17FN2O2S/c1-28-18-6-4-5-16(13-18)21(27)14-29-23-20-8-3-2-7-19(20)22(25-26-23)15-9-11-17(24)12-10-15/h2-13H,14H2,1H3. The van der Waals surface area contributed by atoms with Gasteiger partial charge in [0.05, 0.1) is 12.9 Å². The molecule has 1 aromatic heterocycles. The Morgan fingerprint density at radius 3 is 2.48 bits per heavy atom. The molecule has 0 fully saturated rings. The molecule has 0 spiro atoms. The Labute approximate surface area is 171 Å². The van der Waals surface area contributed by atoms with Gasteiger partial charge in [0.15, 0.2) is 5.78 Å². The summed E-state index contributed by atoms with van der Waals surface area (Å²) < 4.78 is 18.4. The van der Waals surface area contributed by atoms with E-state index in [0.717, 1.165) is 16.3 Å². The van der Waals surface area contributed by atoms with Gasteiger partial charge in [-0.1, -0.05) is 48.2 Å². The van der Waals surface area contributed by atoms with Crippen LogP contribution in [0, 0.1) is 5.82 Å². The van der Waals surface area contributed by atoms with Gasteiger partial charge in [-0.3, -0.25) is 4.79 Å². The maximum atomic E-state index is 13.3. The van der Waals surface area contributed by atoms with Crippen LogP contribution in [0.2, 0.25) is 0 Å². The summed E-state index contributed by atoms with van der Waals surface area (Å²) in [6.45, 7) is 0. The van der Waals surface area contributed by atoms with E-state index in [0.29, 0.717) is 22.0 Å². The number of ether oxygens (including phenoxy) is 1. The van der Waals surface area contributed by atoms with Crippen LogP contribution in [0.5, 0.6) is 5.75 Å². The first kappa shape index (κ1) is 19.1. The van der Waals surface area contributed by atoms with Crippen LogP contribution in [-0.4, -0.2) is 28.8 Å². The van der Waals surface area contributed by atoms with Gasteiger partial charge in [0, 0.05) is 21.9 Å². The molecule has 4 nitrogen and oxygen atoms in total. The number of benzene rings is 3. The number of methoxy groups -OCH3 is 1. The highest BCUT2D eigenvalue weighted by Crippen LogP contribution is 2.32. The SMILES string of the molecule is COc1cccc(C(=O)CSc2nnc(-c3ccc(F)cc3)c3ccccc23)c1. The number of ketones is 1. The number of carbonyl (C=O) groups is 1. The third kappa shape index (κ3) is 4.12. The highest BCUT2D eigenvalue weighted by atomic mass is 32.2. The molecule has 0 bridgehead atoms. The number of Topliss-reactive ketones (excluding diaryl/α,β-unsaturated/α-hetero) is 1. The van der Waals surface area contributed by atoms with E-state index in [2.05, 4.69) is 10.2 Å². The maximum Gasteiger partial charge on any atom is 0.173 e. The minimum absolute atomic E-state index is 0.0117. The molecule has 0 aliphatic rings. The van der Waals surface area contributed by atoms with Crippen LogP contribution in [0.1, 0.15) is 10.4 Å². The van der Waals surface area contributed by atoms with Crippen molar-refractivity contribution in [3.63, 3.8) is 0 Å². The number of carbonyl (C=O) groups excluding carboxylic acids is 1. The summed E-state index contributed by atoms with van der Waals surface area (Å²) in [5.74, 6) is 0.577. The summed E-state index contributed by atoms with van der Waals surface area (Å²) in [5.41, 5.74) is 2.07. The molecule has 0 atom stereocenters. The van der Waals surface area contributed by atoms with Crippen molar-refractivity contribution >= 4 is 28.3 Å². The van der Waals surface area contributed by atoms with E-state index in [1.54, 1.807) is 43.5 Å².